The van der Waals surface area contributed by atoms with Gasteiger partial charge in [-0.05, 0) is 12.3 Å². The number of carbonyl (C=O) groups is 1. The lowest BCUT2D eigenvalue weighted by molar-refractivity contribution is 0.111. The van der Waals surface area contributed by atoms with Crippen LogP contribution in [-0.2, 0) is 17.7 Å². The Morgan fingerprint density at radius 3 is 2.81 bits per heavy atom. The zero-order chi connectivity index (χ0) is 12.0. The van der Waals surface area contributed by atoms with Crippen LogP contribution in [0, 0.1) is 5.92 Å². The van der Waals surface area contributed by atoms with E-state index in [2.05, 4.69) is 24.2 Å². The summed E-state index contributed by atoms with van der Waals surface area (Å²) in [5, 5.41) is 7.85. The summed E-state index contributed by atoms with van der Waals surface area (Å²) in [6.45, 7) is 5.70. The molecule has 0 aromatic carbocycles. The van der Waals surface area contributed by atoms with E-state index < -0.39 is 0 Å². The van der Waals surface area contributed by atoms with E-state index in [1.54, 1.807) is 7.11 Å². The highest BCUT2D eigenvalue weighted by Gasteiger charge is 2.11. The minimum Gasteiger partial charge on any atom is -0.384 e. The number of rotatable bonds is 7. The molecule has 0 saturated heterocycles. The fraction of sp³-hybridized carbons (Fsp3) is 0.727. The highest BCUT2D eigenvalue weighted by atomic mass is 16.5. The molecular weight excluding hydrogens is 206 g/mol. The smallest absolute Gasteiger partial charge is 0.172 e. The first-order valence-electron chi connectivity index (χ1n) is 5.55. The van der Waals surface area contributed by atoms with E-state index in [0.29, 0.717) is 24.6 Å². The standard InChI is InChI=1S/C11H19N3O2/c1-9(2)4-6-14-11(5-7-16-3)10(8-15)12-13-14/h8-9H,4-7H2,1-3H3. The molecule has 1 heterocycles. The zero-order valence-corrected chi connectivity index (χ0v) is 10.1. The maximum atomic E-state index is 10.8. The van der Waals surface area contributed by atoms with Gasteiger partial charge in [0.15, 0.2) is 6.29 Å². The van der Waals surface area contributed by atoms with Gasteiger partial charge in [0.1, 0.15) is 5.69 Å². The molecular formula is C11H19N3O2. The van der Waals surface area contributed by atoms with E-state index >= 15 is 0 Å². The van der Waals surface area contributed by atoms with Crippen LogP contribution < -0.4 is 0 Å². The number of ether oxygens (including phenoxy) is 1. The van der Waals surface area contributed by atoms with Crippen LogP contribution in [0.25, 0.3) is 0 Å². The van der Waals surface area contributed by atoms with Crippen molar-refractivity contribution in [1.82, 2.24) is 15.0 Å². The topological polar surface area (TPSA) is 57.0 Å². The van der Waals surface area contributed by atoms with Crippen LogP contribution in [0.5, 0.6) is 0 Å². The maximum Gasteiger partial charge on any atom is 0.172 e. The summed E-state index contributed by atoms with van der Waals surface area (Å²) in [7, 11) is 1.64. The summed E-state index contributed by atoms with van der Waals surface area (Å²) in [5.74, 6) is 0.610. The zero-order valence-electron chi connectivity index (χ0n) is 10.1. The highest BCUT2D eigenvalue weighted by Crippen LogP contribution is 2.08. The number of methoxy groups -OCH3 is 1. The number of nitrogens with zero attached hydrogens (tertiary/aromatic N) is 3. The van der Waals surface area contributed by atoms with Crippen molar-refractivity contribution in [1.29, 1.82) is 0 Å². The van der Waals surface area contributed by atoms with Gasteiger partial charge in [-0.3, -0.25) is 4.79 Å². The normalized spacial score (nSPS) is 11.0. The first kappa shape index (κ1) is 12.8. The third-order valence-corrected chi connectivity index (χ3v) is 2.44. The van der Waals surface area contributed by atoms with Crippen LogP contribution >= 0.6 is 0 Å². The Morgan fingerprint density at radius 1 is 1.50 bits per heavy atom. The van der Waals surface area contributed by atoms with Gasteiger partial charge in [0, 0.05) is 20.1 Å². The van der Waals surface area contributed by atoms with Crippen molar-refractivity contribution < 1.29 is 9.53 Å². The predicted octanol–water partition coefficient (Wildman–Crippen LogP) is 1.33. The van der Waals surface area contributed by atoms with E-state index in [1.165, 1.54) is 0 Å². The quantitative estimate of drug-likeness (QED) is 0.657. The SMILES string of the molecule is COCCc1c(C=O)nnn1CCC(C)C. The molecule has 0 atom stereocenters. The molecule has 1 rings (SSSR count). The molecule has 0 N–H and O–H groups in total. The molecule has 0 amide bonds. The minimum absolute atomic E-state index is 0.431. The number of hydrogen-bond donors (Lipinski definition) is 0. The predicted molar refractivity (Wildman–Crippen MR) is 60.4 cm³/mol. The van der Waals surface area contributed by atoms with Gasteiger partial charge in [0.05, 0.1) is 12.3 Å². The van der Waals surface area contributed by atoms with Gasteiger partial charge < -0.3 is 4.74 Å². The molecule has 0 fully saturated rings. The van der Waals surface area contributed by atoms with Gasteiger partial charge in [-0.2, -0.15) is 0 Å². The fourth-order valence-electron chi connectivity index (χ4n) is 1.45. The largest absolute Gasteiger partial charge is 0.384 e. The monoisotopic (exact) mass is 225 g/mol. The van der Waals surface area contributed by atoms with E-state index in [0.717, 1.165) is 24.9 Å². The van der Waals surface area contributed by atoms with Gasteiger partial charge in [-0.15, -0.1) is 5.10 Å². The van der Waals surface area contributed by atoms with Gasteiger partial charge in [-0.1, -0.05) is 19.1 Å². The van der Waals surface area contributed by atoms with Crippen molar-refractivity contribution in [3.05, 3.63) is 11.4 Å². The van der Waals surface area contributed by atoms with Gasteiger partial charge >= 0.3 is 0 Å². The molecule has 0 aliphatic carbocycles. The second-order valence-corrected chi connectivity index (χ2v) is 4.19. The summed E-state index contributed by atoms with van der Waals surface area (Å²) in [5.41, 5.74) is 1.30. The van der Waals surface area contributed by atoms with Gasteiger partial charge in [0.25, 0.3) is 0 Å². The van der Waals surface area contributed by atoms with E-state index in [1.807, 2.05) is 4.68 Å². The number of hydrogen-bond acceptors (Lipinski definition) is 4. The van der Waals surface area contributed by atoms with Crippen molar-refractivity contribution in [2.75, 3.05) is 13.7 Å². The second-order valence-electron chi connectivity index (χ2n) is 4.19. The average molecular weight is 225 g/mol. The number of aldehydes is 1. The molecule has 5 nitrogen and oxygen atoms in total. The lowest BCUT2D eigenvalue weighted by Gasteiger charge is -2.08. The van der Waals surface area contributed by atoms with Crippen LogP contribution in [0.4, 0.5) is 0 Å². The van der Waals surface area contributed by atoms with Crippen LogP contribution in [0.1, 0.15) is 36.5 Å². The summed E-state index contributed by atoms with van der Waals surface area (Å²) >= 11 is 0. The van der Waals surface area contributed by atoms with E-state index in [-0.39, 0.29) is 0 Å². The molecule has 1 aromatic rings. The lowest BCUT2D eigenvalue weighted by atomic mass is 10.1. The number of aryl methyl sites for hydroxylation is 1. The molecule has 90 valence electrons. The summed E-state index contributed by atoms with van der Waals surface area (Å²) < 4.78 is 6.82. The Bertz CT molecular complexity index is 334. The summed E-state index contributed by atoms with van der Waals surface area (Å²) in [6, 6.07) is 0. The second kappa shape index (κ2) is 6.37. The van der Waals surface area contributed by atoms with Crippen molar-refractivity contribution in [2.45, 2.75) is 33.2 Å². The van der Waals surface area contributed by atoms with Crippen LogP contribution in [0.15, 0.2) is 0 Å². The Hall–Kier alpha value is -1.23. The van der Waals surface area contributed by atoms with Crippen LogP contribution in [0.2, 0.25) is 0 Å². The lowest BCUT2D eigenvalue weighted by Crippen LogP contribution is -2.10. The van der Waals surface area contributed by atoms with E-state index in [9.17, 15) is 4.79 Å². The van der Waals surface area contributed by atoms with Crippen molar-refractivity contribution >= 4 is 6.29 Å². The molecule has 0 saturated carbocycles. The Kier molecular flexibility index (Phi) is 5.11. The van der Waals surface area contributed by atoms with E-state index in [4.69, 9.17) is 4.74 Å². The molecule has 0 spiro atoms. The highest BCUT2D eigenvalue weighted by molar-refractivity contribution is 5.73. The molecule has 1 aromatic heterocycles. The molecule has 0 aliphatic rings. The van der Waals surface area contributed by atoms with Crippen molar-refractivity contribution in [3.8, 4) is 0 Å². The van der Waals surface area contributed by atoms with Gasteiger partial charge in [-0.25, -0.2) is 4.68 Å². The fourth-order valence-corrected chi connectivity index (χ4v) is 1.45. The minimum atomic E-state index is 0.431. The molecule has 5 heteroatoms. The summed E-state index contributed by atoms with van der Waals surface area (Å²) in [4.78, 5) is 10.8. The molecule has 0 unspecified atom stereocenters. The molecule has 0 bridgehead atoms. The first-order chi connectivity index (χ1) is 7.69. The first-order valence-corrected chi connectivity index (χ1v) is 5.55. The van der Waals surface area contributed by atoms with Crippen LogP contribution in [0.3, 0.4) is 0 Å². The number of carbonyl (C=O) groups excluding carboxylic acids is 1. The third kappa shape index (κ3) is 3.41. The number of aromatic nitrogens is 3. The maximum absolute atomic E-state index is 10.8. The molecule has 0 radical (unpaired) electrons. The Balaban J connectivity index is 2.73. The van der Waals surface area contributed by atoms with Crippen molar-refractivity contribution in [3.63, 3.8) is 0 Å². The Labute approximate surface area is 95.8 Å². The van der Waals surface area contributed by atoms with Gasteiger partial charge in [0.2, 0.25) is 0 Å². The average Bonchev–Trinajstić information content (AvgIpc) is 2.65. The van der Waals surface area contributed by atoms with Crippen molar-refractivity contribution in [2.24, 2.45) is 5.92 Å². The third-order valence-electron chi connectivity index (χ3n) is 2.44. The molecule has 0 aliphatic heterocycles. The molecule has 16 heavy (non-hydrogen) atoms. The Morgan fingerprint density at radius 2 is 2.25 bits per heavy atom. The van der Waals surface area contributed by atoms with Crippen LogP contribution in [-0.4, -0.2) is 35.0 Å². The summed E-state index contributed by atoms with van der Waals surface area (Å²) in [6.07, 6.45) is 2.46.